The van der Waals surface area contributed by atoms with E-state index < -0.39 is 5.97 Å². The highest BCUT2D eigenvalue weighted by molar-refractivity contribution is 6.39. The average molecular weight is 425 g/mol. The van der Waals surface area contributed by atoms with Crippen molar-refractivity contribution < 1.29 is 9.90 Å². The summed E-state index contributed by atoms with van der Waals surface area (Å²) in [6.07, 6.45) is 2.30. The third kappa shape index (κ3) is 7.70. The zero-order chi connectivity index (χ0) is 21.1. The SMILES string of the molecule is CC(=O)O.CCCN(CCC)C(C)c1ccccc1Nc1c(Cl)cccc1Cl. The van der Waals surface area contributed by atoms with E-state index in [1.165, 1.54) is 5.56 Å². The zero-order valence-electron chi connectivity index (χ0n) is 17.0. The topological polar surface area (TPSA) is 52.6 Å². The number of carboxylic acids is 1. The highest BCUT2D eigenvalue weighted by Gasteiger charge is 2.18. The minimum Gasteiger partial charge on any atom is -0.481 e. The quantitative estimate of drug-likeness (QED) is 0.478. The first-order valence-corrected chi connectivity index (χ1v) is 10.3. The van der Waals surface area contributed by atoms with E-state index in [0.717, 1.165) is 44.2 Å². The number of para-hydroxylation sites is 2. The van der Waals surface area contributed by atoms with Gasteiger partial charge in [-0.15, -0.1) is 0 Å². The second-order valence-corrected chi connectivity index (χ2v) is 7.35. The number of anilines is 2. The highest BCUT2D eigenvalue weighted by Crippen LogP contribution is 2.36. The van der Waals surface area contributed by atoms with E-state index >= 15 is 0 Å². The van der Waals surface area contributed by atoms with Gasteiger partial charge in [-0.1, -0.05) is 61.3 Å². The molecule has 0 aliphatic carbocycles. The van der Waals surface area contributed by atoms with Gasteiger partial charge < -0.3 is 10.4 Å². The van der Waals surface area contributed by atoms with Crippen LogP contribution in [-0.4, -0.2) is 29.1 Å². The van der Waals surface area contributed by atoms with Gasteiger partial charge in [0.25, 0.3) is 5.97 Å². The number of carboxylic acid groups (broad SMARTS) is 1. The number of nitrogens with zero attached hydrogens (tertiary/aromatic N) is 1. The van der Waals surface area contributed by atoms with Crippen molar-refractivity contribution in [2.45, 2.75) is 46.6 Å². The lowest BCUT2D eigenvalue weighted by Gasteiger charge is -2.30. The molecule has 154 valence electrons. The molecule has 0 heterocycles. The Morgan fingerprint density at radius 1 is 1.04 bits per heavy atom. The van der Waals surface area contributed by atoms with Crippen LogP contribution in [0, 0.1) is 0 Å². The van der Waals surface area contributed by atoms with Gasteiger partial charge in [-0.05, 0) is 56.6 Å². The summed E-state index contributed by atoms with van der Waals surface area (Å²) >= 11 is 12.6. The molecule has 0 spiro atoms. The first-order valence-electron chi connectivity index (χ1n) is 9.55. The van der Waals surface area contributed by atoms with Crippen LogP contribution in [0.25, 0.3) is 0 Å². The van der Waals surface area contributed by atoms with Crippen molar-refractivity contribution in [3.8, 4) is 0 Å². The maximum Gasteiger partial charge on any atom is 0.300 e. The Labute approximate surface area is 178 Å². The lowest BCUT2D eigenvalue weighted by Crippen LogP contribution is -2.29. The molecule has 0 fully saturated rings. The summed E-state index contributed by atoms with van der Waals surface area (Å²) in [5, 5.41) is 12.1. The molecule has 0 saturated heterocycles. The number of benzene rings is 2. The predicted octanol–water partition coefficient (Wildman–Crippen LogP) is 7.01. The van der Waals surface area contributed by atoms with Gasteiger partial charge in [-0.2, -0.15) is 0 Å². The Bertz CT molecular complexity index is 723. The largest absolute Gasteiger partial charge is 0.481 e. The zero-order valence-corrected chi connectivity index (χ0v) is 18.5. The predicted molar refractivity (Wildman–Crippen MR) is 120 cm³/mol. The smallest absolute Gasteiger partial charge is 0.300 e. The Morgan fingerprint density at radius 3 is 2.04 bits per heavy atom. The molecule has 0 amide bonds. The standard InChI is InChI=1S/C20H26Cl2N2.C2H4O2/c1-4-13-24(14-5-2)15(3)16-9-6-7-12-19(16)23-20-17(21)10-8-11-18(20)22;1-2(3)4/h6-12,15,23H,4-5,13-14H2,1-3H3;1H3,(H,3,4). The number of hydrogen-bond donors (Lipinski definition) is 2. The van der Waals surface area contributed by atoms with E-state index in [2.05, 4.69) is 49.2 Å². The number of aliphatic carboxylic acids is 1. The van der Waals surface area contributed by atoms with E-state index in [9.17, 15) is 0 Å². The van der Waals surface area contributed by atoms with Crippen LogP contribution in [0.3, 0.4) is 0 Å². The molecule has 0 aliphatic rings. The molecule has 0 saturated carbocycles. The number of halogens is 2. The molecule has 0 radical (unpaired) electrons. The molecule has 1 atom stereocenters. The lowest BCUT2D eigenvalue weighted by molar-refractivity contribution is -0.134. The monoisotopic (exact) mass is 424 g/mol. The molecule has 2 aromatic carbocycles. The molecule has 28 heavy (non-hydrogen) atoms. The molecule has 6 heteroatoms. The second kappa shape index (κ2) is 12.7. The van der Waals surface area contributed by atoms with Gasteiger partial charge in [0.2, 0.25) is 0 Å². The molecule has 0 aromatic heterocycles. The summed E-state index contributed by atoms with van der Waals surface area (Å²) in [6, 6.07) is 14.3. The van der Waals surface area contributed by atoms with Crippen molar-refractivity contribution >= 4 is 40.5 Å². The van der Waals surface area contributed by atoms with E-state index in [0.29, 0.717) is 16.1 Å². The van der Waals surface area contributed by atoms with Crippen molar-refractivity contribution in [2.75, 3.05) is 18.4 Å². The highest BCUT2D eigenvalue weighted by atomic mass is 35.5. The van der Waals surface area contributed by atoms with Gasteiger partial charge in [0.1, 0.15) is 0 Å². The van der Waals surface area contributed by atoms with Crippen LogP contribution in [0.1, 0.15) is 52.1 Å². The van der Waals surface area contributed by atoms with Crippen LogP contribution in [0.15, 0.2) is 42.5 Å². The molecule has 0 bridgehead atoms. The summed E-state index contributed by atoms with van der Waals surface area (Å²) in [5.41, 5.74) is 3.07. The second-order valence-electron chi connectivity index (χ2n) is 6.54. The van der Waals surface area contributed by atoms with Crippen LogP contribution >= 0.6 is 23.2 Å². The molecule has 2 N–H and O–H groups in total. The minimum atomic E-state index is -0.833. The minimum absolute atomic E-state index is 0.329. The van der Waals surface area contributed by atoms with E-state index in [4.69, 9.17) is 33.1 Å². The number of carbonyl (C=O) groups is 1. The third-order valence-electron chi connectivity index (χ3n) is 4.20. The van der Waals surface area contributed by atoms with Gasteiger partial charge in [0.15, 0.2) is 0 Å². The van der Waals surface area contributed by atoms with Crippen molar-refractivity contribution in [2.24, 2.45) is 0 Å². The Kier molecular flexibility index (Phi) is 11.0. The maximum atomic E-state index is 9.00. The molecular weight excluding hydrogens is 395 g/mol. The van der Waals surface area contributed by atoms with Gasteiger partial charge in [-0.3, -0.25) is 9.69 Å². The van der Waals surface area contributed by atoms with Crippen molar-refractivity contribution in [1.29, 1.82) is 0 Å². The van der Waals surface area contributed by atoms with Crippen molar-refractivity contribution in [3.63, 3.8) is 0 Å². The molecular formula is C22H30Cl2N2O2. The Morgan fingerprint density at radius 2 is 1.54 bits per heavy atom. The fourth-order valence-corrected chi connectivity index (χ4v) is 3.49. The van der Waals surface area contributed by atoms with Gasteiger partial charge in [0.05, 0.1) is 15.7 Å². The summed E-state index contributed by atoms with van der Waals surface area (Å²) in [7, 11) is 0. The fourth-order valence-electron chi connectivity index (χ4n) is 3.00. The number of rotatable bonds is 8. The number of hydrogen-bond acceptors (Lipinski definition) is 3. The molecule has 4 nitrogen and oxygen atoms in total. The average Bonchev–Trinajstić information content (AvgIpc) is 2.64. The van der Waals surface area contributed by atoms with E-state index in [-0.39, 0.29) is 0 Å². The summed E-state index contributed by atoms with van der Waals surface area (Å²) in [4.78, 5) is 11.5. The first-order chi connectivity index (χ1) is 13.3. The maximum absolute atomic E-state index is 9.00. The van der Waals surface area contributed by atoms with Crippen LogP contribution in [0.2, 0.25) is 10.0 Å². The number of nitrogens with one attached hydrogen (secondary N) is 1. The van der Waals surface area contributed by atoms with E-state index in [1.54, 1.807) is 0 Å². The van der Waals surface area contributed by atoms with E-state index in [1.807, 2.05) is 24.3 Å². The van der Waals surface area contributed by atoms with Crippen LogP contribution in [-0.2, 0) is 4.79 Å². The normalized spacial score (nSPS) is 11.5. The third-order valence-corrected chi connectivity index (χ3v) is 4.83. The molecule has 2 rings (SSSR count). The van der Waals surface area contributed by atoms with Crippen molar-refractivity contribution in [1.82, 2.24) is 4.90 Å². The summed E-state index contributed by atoms with van der Waals surface area (Å²) in [6.45, 7) is 9.98. The van der Waals surface area contributed by atoms with Crippen LogP contribution < -0.4 is 5.32 Å². The van der Waals surface area contributed by atoms with Crippen LogP contribution in [0.4, 0.5) is 11.4 Å². The molecule has 0 aliphatic heterocycles. The Balaban J connectivity index is 0.000000892. The van der Waals surface area contributed by atoms with Gasteiger partial charge >= 0.3 is 0 Å². The fraction of sp³-hybridized carbons (Fsp3) is 0.409. The molecule has 1 unspecified atom stereocenters. The summed E-state index contributed by atoms with van der Waals surface area (Å²) < 4.78 is 0. The molecule has 2 aromatic rings. The van der Waals surface area contributed by atoms with Crippen molar-refractivity contribution in [3.05, 3.63) is 58.1 Å². The van der Waals surface area contributed by atoms with Gasteiger partial charge in [-0.25, -0.2) is 0 Å². The first kappa shape index (κ1) is 24.3. The van der Waals surface area contributed by atoms with Crippen LogP contribution in [0.5, 0.6) is 0 Å². The summed E-state index contributed by atoms with van der Waals surface area (Å²) in [5.74, 6) is -0.833. The van der Waals surface area contributed by atoms with Gasteiger partial charge in [0, 0.05) is 18.7 Å². The Hall–Kier alpha value is -1.75. The lowest BCUT2D eigenvalue weighted by atomic mass is 10.0.